The molecule has 5 nitrogen and oxygen atoms in total. The third-order valence-corrected chi connectivity index (χ3v) is 5.19. The van der Waals surface area contributed by atoms with E-state index in [-0.39, 0.29) is 5.91 Å². The number of carbonyl (C=O) groups excluding carboxylic acids is 1. The predicted octanol–water partition coefficient (Wildman–Crippen LogP) is 4.23. The summed E-state index contributed by atoms with van der Waals surface area (Å²) in [5.74, 6) is 2.05. The van der Waals surface area contributed by atoms with Crippen molar-refractivity contribution in [1.82, 2.24) is 9.55 Å². The summed E-state index contributed by atoms with van der Waals surface area (Å²) in [4.78, 5) is 17.8. The number of fused-ring (bicyclic) bond motifs is 1. The Morgan fingerprint density at radius 3 is 2.44 bits per heavy atom. The van der Waals surface area contributed by atoms with E-state index in [1.165, 1.54) is 0 Å². The molecule has 0 aliphatic carbocycles. The zero-order valence-corrected chi connectivity index (χ0v) is 17.6. The lowest BCUT2D eigenvalue weighted by Gasteiger charge is -2.22. The second kappa shape index (κ2) is 11.4. The lowest BCUT2D eigenvalue weighted by atomic mass is 10.1. The quantitative estimate of drug-likeness (QED) is 0.395. The number of benzene rings is 1. The Balaban J connectivity index is 1.94. The number of hydrogen-bond acceptors (Lipinski definition) is 3. The first-order chi connectivity index (χ1) is 13.1. The average Bonchev–Trinajstić information content (AvgIpc) is 2.96. The van der Waals surface area contributed by atoms with Crippen LogP contribution in [0.4, 0.5) is 5.69 Å². The molecule has 0 bridgehead atoms. The van der Waals surface area contributed by atoms with Crippen LogP contribution in [-0.2, 0) is 18.3 Å². The second-order valence-electron chi connectivity index (χ2n) is 6.86. The minimum absolute atomic E-state index is 0.204. The van der Waals surface area contributed by atoms with Crippen molar-refractivity contribution >= 4 is 45.8 Å². The number of rotatable bonds is 13. The number of anilines is 1. The highest BCUT2D eigenvalue weighted by Gasteiger charge is 2.11. The summed E-state index contributed by atoms with van der Waals surface area (Å²) in [7, 11) is 2.08. The van der Waals surface area contributed by atoms with Crippen LogP contribution in [0.2, 0.25) is 0 Å². The number of amides is 1. The Hall–Kier alpha value is -1.46. The van der Waals surface area contributed by atoms with E-state index in [0.717, 1.165) is 74.2 Å². The maximum absolute atomic E-state index is 10.7. The fourth-order valence-corrected chi connectivity index (χ4v) is 3.75. The largest absolute Gasteiger partial charge is 0.370 e. The monoisotopic (exact) mass is 412 g/mol. The maximum Gasteiger partial charge on any atom is 0.217 e. The lowest BCUT2D eigenvalue weighted by Crippen LogP contribution is -2.27. The number of halogens is 2. The van der Waals surface area contributed by atoms with Gasteiger partial charge in [-0.15, -0.1) is 23.2 Å². The van der Waals surface area contributed by atoms with Crippen molar-refractivity contribution in [2.45, 2.75) is 44.9 Å². The summed E-state index contributed by atoms with van der Waals surface area (Å²) in [6, 6.07) is 6.37. The van der Waals surface area contributed by atoms with Gasteiger partial charge in [0.25, 0.3) is 0 Å². The number of nitrogens with two attached hydrogens (primary N) is 1. The zero-order valence-electron chi connectivity index (χ0n) is 16.1. The Morgan fingerprint density at radius 2 is 1.78 bits per heavy atom. The van der Waals surface area contributed by atoms with Crippen LogP contribution in [0, 0.1) is 0 Å². The van der Waals surface area contributed by atoms with Crippen LogP contribution in [0.1, 0.15) is 44.3 Å². The number of hydrogen-bond donors (Lipinski definition) is 1. The molecule has 2 N–H and O–H groups in total. The van der Waals surface area contributed by atoms with E-state index >= 15 is 0 Å². The van der Waals surface area contributed by atoms with E-state index in [0.29, 0.717) is 18.2 Å². The molecule has 0 atom stereocenters. The van der Waals surface area contributed by atoms with Crippen molar-refractivity contribution < 1.29 is 4.79 Å². The van der Waals surface area contributed by atoms with Crippen LogP contribution in [0.5, 0.6) is 0 Å². The molecule has 2 rings (SSSR count). The molecule has 2 aromatic rings. The van der Waals surface area contributed by atoms with Crippen molar-refractivity contribution in [1.29, 1.82) is 0 Å². The number of aryl methyl sites for hydroxylation is 2. The molecule has 0 spiro atoms. The SMILES string of the molecule is Cn1c(CCCCCCCC(N)=O)nc2cc(N(CCCl)CCCl)ccc21. The fourth-order valence-electron chi connectivity index (χ4n) is 3.35. The highest BCUT2D eigenvalue weighted by atomic mass is 35.5. The molecule has 0 saturated carbocycles. The molecule has 1 aromatic carbocycles. The first kappa shape index (κ1) is 21.8. The topological polar surface area (TPSA) is 64.1 Å². The highest BCUT2D eigenvalue weighted by Crippen LogP contribution is 2.23. The fraction of sp³-hybridized carbons (Fsp3) is 0.600. The van der Waals surface area contributed by atoms with Gasteiger partial charge in [0.1, 0.15) is 5.82 Å². The molecule has 7 heteroatoms. The van der Waals surface area contributed by atoms with Gasteiger partial charge in [0.15, 0.2) is 0 Å². The minimum atomic E-state index is -0.204. The second-order valence-corrected chi connectivity index (χ2v) is 7.62. The molecule has 1 heterocycles. The van der Waals surface area contributed by atoms with E-state index in [2.05, 4.69) is 34.7 Å². The van der Waals surface area contributed by atoms with Gasteiger partial charge in [-0.3, -0.25) is 4.79 Å². The van der Waals surface area contributed by atoms with Crippen LogP contribution < -0.4 is 10.6 Å². The summed E-state index contributed by atoms with van der Waals surface area (Å²) in [6.45, 7) is 1.55. The van der Waals surface area contributed by atoms with E-state index in [4.69, 9.17) is 33.9 Å². The number of primary amides is 1. The molecule has 0 aliphatic rings. The molecule has 1 aromatic heterocycles. The van der Waals surface area contributed by atoms with Gasteiger partial charge in [-0.25, -0.2) is 4.98 Å². The van der Waals surface area contributed by atoms with Crippen LogP contribution in [0.3, 0.4) is 0 Å². The summed E-state index contributed by atoms with van der Waals surface area (Å²) < 4.78 is 2.18. The Morgan fingerprint density at radius 1 is 1.11 bits per heavy atom. The van der Waals surface area contributed by atoms with E-state index in [1.54, 1.807) is 0 Å². The summed E-state index contributed by atoms with van der Waals surface area (Å²) >= 11 is 11.8. The van der Waals surface area contributed by atoms with Crippen molar-refractivity contribution in [3.8, 4) is 0 Å². The van der Waals surface area contributed by atoms with Gasteiger partial charge in [-0.1, -0.05) is 19.3 Å². The van der Waals surface area contributed by atoms with Crippen LogP contribution in [-0.4, -0.2) is 40.3 Å². The predicted molar refractivity (Wildman–Crippen MR) is 115 cm³/mol. The van der Waals surface area contributed by atoms with E-state index < -0.39 is 0 Å². The molecular weight excluding hydrogens is 383 g/mol. The number of imidazole rings is 1. The molecule has 0 aliphatic heterocycles. The number of aromatic nitrogens is 2. The normalized spacial score (nSPS) is 11.2. The van der Waals surface area contributed by atoms with Gasteiger partial charge in [0.2, 0.25) is 5.91 Å². The molecule has 27 heavy (non-hydrogen) atoms. The molecular formula is C20H30Cl2N4O. The summed E-state index contributed by atoms with van der Waals surface area (Å²) in [5, 5.41) is 0. The van der Waals surface area contributed by atoms with Gasteiger partial charge in [0.05, 0.1) is 11.0 Å². The van der Waals surface area contributed by atoms with Crippen molar-refractivity contribution in [3.63, 3.8) is 0 Å². The van der Waals surface area contributed by atoms with Gasteiger partial charge < -0.3 is 15.2 Å². The first-order valence-electron chi connectivity index (χ1n) is 9.67. The summed E-state index contributed by atoms with van der Waals surface area (Å²) in [6.07, 6.45) is 6.79. The van der Waals surface area contributed by atoms with Gasteiger partial charge >= 0.3 is 0 Å². The van der Waals surface area contributed by atoms with Crippen molar-refractivity contribution in [3.05, 3.63) is 24.0 Å². The van der Waals surface area contributed by atoms with Gasteiger partial charge in [-0.2, -0.15) is 0 Å². The Labute approximate surface area is 171 Å². The third-order valence-electron chi connectivity index (χ3n) is 4.85. The van der Waals surface area contributed by atoms with Crippen molar-refractivity contribution in [2.24, 2.45) is 12.8 Å². The molecule has 1 amide bonds. The number of unbranched alkanes of at least 4 members (excludes halogenated alkanes) is 4. The van der Waals surface area contributed by atoms with Crippen LogP contribution in [0.25, 0.3) is 11.0 Å². The Bertz CT molecular complexity index is 726. The van der Waals surface area contributed by atoms with Crippen LogP contribution in [0.15, 0.2) is 18.2 Å². The molecule has 150 valence electrons. The number of alkyl halides is 2. The molecule has 0 fully saturated rings. The summed E-state index contributed by atoms with van der Waals surface area (Å²) in [5.41, 5.74) is 8.43. The first-order valence-corrected chi connectivity index (χ1v) is 10.7. The number of nitrogens with zero attached hydrogens (tertiary/aromatic N) is 3. The average molecular weight is 413 g/mol. The molecule has 0 unspecified atom stereocenters. The molecule has 0 radical (unpaired) electrons. The van der Waals surface area contributed by atoms with Gasteiger partial charge in [-0.05, 0) is 31.0 Å². The van der Waals surface area contributed by atoms with E-state index in [1.807, 2.05) is 0 Å². The number of carbonyl (C=O) groups is 1. The lowest BCUT2D eigenvalue weighted by molar-refractivity contribution is -0.118. The zero-order chi connectivity index (χ0) is 19.6. The minimum Gasteiger partial charge on any atom is -0.370 e. The Kier molecular flexibility index (Phi) is 9.22. The standard InChI is InChI=1S/C20H30Cl2N4O/c1-25-18-10-9-16(26(13-11-21)14-12-22)15-17(18)24-20(25)8-6-4-2-3-5-7-19(23)27/h9-10,15H,2-8,11-14H2,1H3,(H2,23,27). The van der Waals surface area contributed by atoms with Crippen LogP contribution >= 0.6 is 23.2 Å². The van der Waals surface area contributed by atoms with Crippen molar-refractivity contribution in [2.75, 3.05) is 29.7 Å². The highest BCUT2D eigenvalue weighted by molar-refractivity contribution is 6.18. The van der Waals surface area contributed by atoms with Gasteiger partial charge in [0, 0.05) is 50.4 Å². The van der Waals surface area contributed by atoms with E-state index in [9.17, 15) is 4.79 Å². The third kappa shape index (κ3) is 6.58. The molecule has 0 saturated heterocycles. The maximum atomic E-state index is 10.7. The smallest absolute Gasteiger partial charge is 0.217 e.